The van der Waals surface area contributed by atoms with Crippen molar-refractivity contribution in [1.82, 2.24) is 0 Å². The smallest absolute Gasteiger partial charge is 0.285 e. The number of rotatable bonds is 5. The molecule has 6 rings (SSSR count). The summed E-state index contributed by atoms with van der Waals surface area (Å²) >= 11 is 6.44. The Bertz CT molecular complexity index is 1550. The van der Waals surface area contributed by atoms with Gasteiger partial charge in [-0.15, -0.1) is 0 Å². The highest BCUT2D eigenvalue weighted by Gasteiger charge is 2.44. The fraction of sp³-hybridized carbons (Fsp3) is 0.611. The van der Waals surface area contributed by atoms with E-state index in [0.29, 0.717) is 43.3 Å². The number of hydrogen-bond acceptors (Lipinski definition) is 6. The predicted molar refractivity (Wildman–Crippen MR) is 180 cm³/mol. The minimum absolute atomic E-state index is 0.0928. The van der Waals surface area contributed by atoms with Crippen molar-refractivity contribution in [2.45, 2.75) is 89.1 Å². The van der Waals surface area contributed by atoms with Crippen molar-refractivity contribution in [2.75, 3.05) is 43.2 Å². The van der Waals surface area contributed by atoms with Crippen molar-refractivity contribution in [3.63, 3.8) is 0 Å². The van der Waals surface area contributed by atoms with E-state index in [-0.39, 0.29) is 28.8 Å². The minimum atomic E-state index is -3.03. The van der Waals surface area contributed by atoms with Crippen molar-refractivity contribution in [3.8, 4) is 5.75 Å². The molecule has 2 aromatic carbocycles. The normalized spacial score (nSPS) is 30.2. The molecule has 2 bridgehead atoms. The van der Waals surface area contributed by atoms with E-state index in [1.54, 1.807) is 6.07 Å². The second-order valence-corrected chi connectivity index (χ2v) is 16.6. The van der Waals surface area contributed by atoms with E-state index in [4.69, 9.17) is 21.1 Å². The van der Waals surface area contributed by atoms with Crippen LogP contribution in [0.3, 0.4) is 0 Å². The summed E-state index contributed by atoms with van der Waals surface area (Å²) in [4.78, 5) is 28.8. The zero-order valence-electron chi connectivity index (χ0n) is 26.7. The number of Topliss-reactive ketones (excluding diaryl/α,β-unsaturated/α-hetero) is 1. The van der Waals surface area contributed by atoms with E-state index >= 15 is 0 Å². The van der Waals surface area contributed by atoms with Gasteiger partial charge in [0.2, 0.25) is 0 Å². The topological polar surface area (TPSA) is 85.3 Å². The number of ether oxygens (including phenoxy) is 2. The molecule has 4 aliphatic rings. The maximum absolute atomic E-state index is 14.1. The Labute approximate surface area is 273 Å². The first-order chi connectivity index (χ1) is 21.7. The minimum Gasteiger partial charge on any atom is -0.490 e. The third kappa shape index (κ3) is 6.98. The number of halogens is 1. The molecule has 0 aromatic heterocycles. The largest absolute Gasteiger partial charge is 0.490 e. The molecule has 9 heteroatoms. The summed E-state index contributed by atoms with van der Waals surface area (Å²) in [5, 5.41) is 0.761. The molecule has 5 atom stereocenters. The van der Waals surface area contributed by atoms with Crippen LogP contribution >= 0.6 is 11.6 Å². The fourth-order valence-electron chi connectivity index (χ4n) is 8.15. The predicted octanol–water partition coefficient (Wildman–Crippen LogP) is 7.41. The third-order valence-electron chi connectivity index (χ3n) is 10.6. The van der Waals surface area contributed by atoms with Crippen LogP contribution in [-0.4, -0.2) is 60.3 Å². The molecule has 1 amide bonds. The summed E-state index contributed by atoms with van der Waals surface area (Å²) < 4.78 is 31.1. The lowest BCUT2D eigenvalue weighted by Crippen LogP contribution is -2.49. The van der Waals surface area contributed by atoms with Gasteiger partial charge in [-0.3, -0.25) is 9.59 Å². The Morgan fingerprint density at radius 2 is 2.00 bits per heavy atom. The molecule has 1 saturated carbocycles. The summed E-state index contributed by atoms with van der Waals surface area (Å²) in [6.07, 6.45) is 10.0. The number of hydrogen-bond donors (Lipinski definition) is 0. The van der Waals surface area contributed by atoms with Crippen molar-refractivity contribution < 1.29 is 23.3 Å². The standard InChI is InChI=1S/C36H47ClN2O5S/c1-3-8-29(40)22-45(42)18-6-4-5-10-33(43-2)30-14-11-27(30)21-39-23-36(17-7-9-25-19-28(37)13-15-31(25)36)24-44-34-16-12-26(20-32(34)39)35(41)38-45/h12-13,15-16,19-20,27,30,33H,3-11,14,17-18,21-24H2,1-2H3/t27-,30+,33-,36-,45-/m0/s1. The molecule has 0 radical (unpaired) electrons. The number of methoxy groups -OCH3 is 1. The van der Waals surface area contributed by atoms with Gasteiger partial charge in [0, 0.05) is 48.4 Å². The van der Waals surface area contributed by atoms with Crippen LogP contribution in [0.1, 0.15) is 92.6 Å². The van der Waals surface area contributed by atoms with Crippen LogP contribution in [0.5, 0.6) is 5.75 Å². The van der Waals surface area contributed by atoms with Gasteiger partial charge < -0.3 is 14.4 Å². The van der Waals surface area contributed by atoms with Gasteiger partial charge in [0.05, 0.1) is 33.9 Å². The first kappa shape index (κ1) is 32.5. The van der Waals surface area contributed by atoms with Crippen molar-refractivity contribution in [2.24, 2.45) is 16.2 Å². The summed E-state index contributed by atoms with van der Waals surface area (Å²) in [6.45, 7) is 4.10. The number of fused-ring (bicyclic) bond motifs is 4. The molecule has 2 aromatic rings. The summed E-state index contributed by atoms with van der Waals surface area (Å²) in [7, 11) is -1.20. The highest BCUT2D eigenvalue weighted by molar-refractivity contribution is 7.94. The second-order valence-electron chi connectivity index (χ2n) is 13.7. The number of nitrogens with zero attached hydrogens (tertiary/aromatic N) is 2. The number of anilines is 1. The van der Waals surface area contributed by atoms with Crippen LogP contribution in [-0.2, 0) is 31.1 Å². The Morgan fingerprint density at radius 1 is 1.13 bits per heavy atom. The first-order valence-electron chi connectivity index (χ1n) is 16.8. The molecule has 0 unspecified atom stereocenters. The number of amides is 1. The van der Waals surface area contributed by atoms with Gasteiger partial charge in [-0.05, 0) is 105 Å². The number of ketones is 1. The summed E-state index contributed by atoms with van der Waals surface area (Å²) in [5.74, 6) is 1.18. The van der Waals surface area contributed by atoms with Crippen LogP contribution in [0, 0.1) is 11.8 Å². The lowest BCUT2D eigenvalue weighted by atomic mass is 9.68. The Morgan fingerprint density at radius 3 is 2.78 bits per heavy atom. The van der Waals surface area contributed by atoms with E-state index in [1.807, 2.05) is 32.2 Å². The van der Waals surface area contributed by atoms with Gasteiger partial charge in [-0.2, -0.15) is 4.36 Å². The molecule has 2 aliphatic carbocycles. The van der Waals surface area contributed by atoms with Gasteiger partial charge in [0.1, 0.15) is 11.5 Å². The lowest BCUT2D eigenvalue weighted by molar-refractivity contribution is -0.116. The maximum Gasteiger partial charge on any atom is 0.285 e. The van der Waals surface area contributed by atoms with Gasteiger partial charge in [-0.1, -0.05) is 37.4 Å². The van der Waals surface area contributed by atoms with Crippen LogP contribution in [0.2, 0.25) is 5.02 Å². The van der Waals surface area contributed by atoms with Crippen LogP contribution in [0.25, 0.3) is 0 Å². The monoisotopic (exact) mass is 654 g/mol. The Hall–Kier alpha value is -2.42. The van der Waals surface area contributed by atoms with E-state index in [1.165, 1.54) is 11.1 Å². The zero-order valence-corrected chi connectivity index (χ0v) is 28.3. The van der Waals surface area contributed by atoms with Gasteiger partial charge >= 0.3 is 0 Å². The molecule has 244 valence electrons. The van der Waals surface area contributed by atoms with E-state index in [9.17, 15) is 13.8 Å². The molecule has 2 aliphatic heterocycles. The molecule has 2 heterocycles. The van der Waals surface area contributed by atoms with Crippen molar-refractivity contribution >= 4 is 38.7 Å². The number of benzene rings is 2. The van der Waals surface area contributed by atoms with Crippen molar-refractivity contribution in [1.29, 1.82) is 0 Å². The molecular formula is C36H47ClN2O5S. The maximum atomic E-state index is 14.1. The zero-order chi connectivity index (χ0) is 31.6. The number of carbonyl (C=O) groups is 2. The first-order valence-corrected chi connectivity index (χ1v) is 19.1. The van der Waals surface area contributed by atoms with E-state index < -0.39 is 15.6 Å². The highest BCUT2D eigenvalue weighted by Crippen LogP contribution is 2.47. The number of aryl methyl sites for hydroxylation is 1. The average Bonchev–Trinajstić information content (AvgIpc) is 3.14. The molecule has 45 heavy (non-hydrogen) atoms. The molecule has 0 N–H and O–H groups in total. The third-order valence-corrected chi connectivity index (χ3v) is 13.0. The SMILES string of the molecule is CCCC(=O)C[S@]1(=O)=NC(=O)c2ccc3c(c2)N(C[C@@H]2CC[C@H]2[C@@H](OC)CCCCC1)C[C@@]1(CCCc2cc(Cl)ccc21)CO3. The highest BCUT2D eigenvalue weighted by atomic mass is 35.5. The fourth-order valence-corrected chi connectivity index (χ4v) is 10.4. The van der Waals surface area contributed by atoms with Crippen LogP contribution in [0.4, 0.5) is 5.69 Å². The summed E-state index contributed by atoms with van der Waals surface area (Å²) in [5.41, 5.74) is 3.66. The van der Waals surface area contributed by atoms with E-state index in [0.717, 1.165) is 80.9 Å². The van der Waals surface area contributed by atoms with Gasteiger partial charge in [0.25, 0.3) is 5.91 Å². The molecule has 0 saturated heterocycles. The van der Waals surface area contributed by atoms with Crippen LogP contribution in [0.15, 0.2) is 40.8 Å². The quantitative estimate of drug-likeness (QED) is 0.334. The van der Waals surface area contributed by atoms with E-state index in [2.05, 4.69) is 21.4 Å². The second kappa shape index (κ2) is 13.7. The summed E-state index contributed by atoms with van der Waals surface area (Å²) in [6, 6.07) is 11.8. The average molecular weight is 655 g/mol. The number of carbonyl (C=O) groups excluding carboxylic acids is 2. The molecule has 1 fully saturated rings. The lowest BCUT2D eigenvalue weighted by Gasteiger charge is -2.46. The Kier molecular flexibility index (Phi) is 9.93. The van der Waals surface area contributed by atoms with Crippen LogP contribution < -0.4 is 9.64 Å². The van der Waals surface area contributed by atoms with Crippen molar-refractivity contribution in [3.05, 3.63) is 58.1 Å². The van der Waals surface area contributed by atoms with Gasteiger partial charge in [-0.25, -0.2) is 4.21 Å². The van der Waals surface area contributed by atoms with Gasteiger partial charge in [0.15, 0.2) is 0 Å². The Balaban J connectivity index is 1.41. The molecule has 7 nitrogen and oxygen atoms in total. The molecular weight excluding hydrogens is 608 g/mol. The molecule has 1 spiro atoms.